The van der Waals surface area contributed by atoms with Crippen LogP contribution in [-0.2, 0) is 6.61 Å². The van der Waals surface area contributed by atoms with Crippen molar-refractivity contribution in [2.45, 2.75) is 6.61 Å². The van der Waals surface area contributed by atoms with Gasteiger partial charge in [-0.05, 0) is 45.8 Å². The van der Waals surface area contributed by atoms with Gasteiger partial charge in [0.05, 0.1) is 22.3 Å². The zero-order valence-corrected chi connectivity index (χ0v) is 13.7. The number of rotatable bonds is 5. The molecule has 2 rings (SSSR count). The van der Waals surface area contributed by atoms with Crippen LogP contribution in [0.25, 0.3) is 0 Å². The summed E-state index contributed by atoms with van der Waals surface area (Å²) in [5, 5.41) is 16.3. The Balaban J connectivity index is 2.08. The molecule has 6 nitrogen and oxygen atoms in total. The lowest BCUT2D eigenvalue weighted by Crippen LogP contribution is -2.21. The number of hydrogen-bond donors (Lipinski definition) is 2. The number of ether oxygens (including phenoxy) is 1. The van der Waals surface area contributed by atoms with Gasteiger partial charge in [-0.3, -0.25) is 0 Å². The van der Waals surface area contributed by atoms with Crippen LogP contribution in [0, 0.1) is 11.3 Å². The molecule has 2 aromatic rings. The first-order valence-electron chi connectivity index (χ1n) is 6.62. The van der Waals surface area contributed by atoms with Crippen LogP contribution in [0.15, 0.2) is 57.1 Å². The third kappa shape index (κ3) is 4.83. The number of halogens is 1. The molecule has 4 N–H and O–H groups in total. The van der Waals surface area contributed by atoms with Gasteiger partial charge in [0.2, 0.25) is 5.96 Å². The van der Waals surface area contributed by atoms with E-state index < -0.39 is 0 Å². The molecule has 0 aliphatic carbocycles. The van der Waals surface area contributed by atoms with E-state index in [2.05, 4.69) is 32.2 Å². The predicted octanol–water partition coefficient (Wildman–Crippen LogP) is 2.51. The molecule has 2 aromatic carbocycles. The SMILES string of the molecule is N#Cc1ccccc1COc1ccc(C=NN=C(N)N)cc1Br. The van der Waals surface area contributed by atoms with Crippen molar-refractivity contribution in [1.29, 1.82) is 5.26 Å². The molecule has 0 fully saturated rings. The molecule has 0 aliphatic rings. The average molecular weight is 372 g/mol. The van der Waals surface area contributed by atoms with Crippen molar-refractivity contribution in [3.63, 3.8) is 0 Å². The standard InChI is InChI=1S/C16H14BrN5O/c17-14-7-11(9-21-22-16(19)20)5-6-15(14)23-10-13-4-2-1-3-12(13)8-18/h1-7,9H,10H2,(H4,19,20,22). The number of hydrogen-bond acceptors (Lipinski definition) is 4. The van der Waals surface area contributed by atoms with E-state index in [0.29, 0.717) is 17.9 Å². The van der Waals surface area contributed by atoms with Crippen molar-refractivity contribution in [2.24, 2.45) is 21.7 Å². The van der Waals surface area contributed by atoms with Gasteiger partial charge in [0.1, 0.15) is 12.4 Å². The van der Waals surface area contributed by atoms with E-state index in [1.54, 1.807) is 12.1 Å². The lowest BCUT2D eigenvalue weighted by atomic mass is 10.1. The van der Waals surface area contributed by atoms with Crippen molar-refractivity contribution in [2.75, 3.05) is 0 Å². The summed E-state index contributed by atoms with van der Waals surface area (Å²) in [5.41, 5.74) is 12.6. The first kappa shape index (κ1) is 16.5. The Bertz CT molecular complexity index is 791. The highest BCUT2D eigenvalue weighted by atomic mass is 79.9. The van der Waals surface area contributed by atoms with Gasteiger partial charge in [0.15, 0.2) is 0 Å². The maximum absolute atomic E-state index is 9.07. The number of guanidine groups is 1. The second kappa shape index (κ2) is 7.96. The summed E-state index contributed by atoms with van der Waals surface area (Å²) in [7, 11) is 0. The molecule has 0 spiro atoms. The third-order valence-electron chi connectivity index (χ3n) is 2.86. The van der Waals surface area contributed by atoms with Crippen LogP contribution in [0.2, 0.25) is 0 Å². The van der Waals surface area contributed by atoms with Crippen molar-refractivity contribution in [3.05, 3.63) is 63.6 Å². The van der Waals surface area contributed by atoms with E-state index in [9.17, 15) is 0 Å². The molecule has 0 atom stereocenters. The van der Waals surface area contributed by atoms with E-state index in [-0.39, 0.29) is 5.96 Å². The Kier molecular flexibility index (Phi) is 5.72. The minimum atomic E-state index is -0.101. The largest absolute Gasteiger partial charge is 0.488 e. The number of nitriles is 1. The van der Waals surface area contributed by atoms with Crippen LogP contribution in [0.4, 0.5) is 0 Å². The smallest absolute Gasteiger partial charge is 0.211 e. The molecule has 0 aromatic heterocycles. The predicted molar refractivity (Wildman–Crippen MR) is 93.0 cm³/mol. The second-order valence-corrected chi connectivity index (χ2v) is 5.37. The van der Waals surface area contributed by atoms with Gasteiger partial charge < -0.3 is 16.2 Å². The molecule has 0 unspecified atom stereocenters. The van der Waals surface area contributed by atoms with Crippen molar-refractivity contribution in [3.8, 4) is 11.8 Å². The minimum absolute atomic E-state index is 0.101. The molecule has 0 amide bonds. The summed E-state index contributed by atoms with van der Waals surface area (Å²) in [4.78, 5) is 0. The maximum Gasteiger partial charge on any atom is 0.211 e. The Labute approximate surface area is 142 Å². The highest BCUT2D eigenvalue weighted by Gasteiger charge is 2.05. The van der Waals surface area contributed by atoms with Gasteiger partial charge in [-0.1, -0.05) is 18.2 Å². The fourth-order valence-electron chi connectivity index (χ4n) is 1.79. The van der Waals surface area contributed by atoms with Crippen molar-refractivity contribution >= 4 is 28.1 Å². The maximum atomic E-state index is 9.07. The summed E-state index contributed by atoms with van der Waals surface area (Å²) in [6, 6.07) is 14.9. The van der Waals surface area contributed by atoms with Crippen LogP contribution in [0.1, 0.15) is 16.7 Å². The summed E-state index contributed by atoms with van der Waals surface area (Å²) in [6.45, 7) is 0.309. The summed E-state index contributed by atoms with van der Waals surface area (Å²) in [5.74, 6) is 0.563. The molecule has 7 heteroatoms. The molecule has 23 heavy (non-hydrogen) atoms. The Morgan fingerprint density at radius 3 is 2.74 bits per heavy atom. The van der Waals surface area contributed by atoms with Crippen LogP contribution in [0.5, 0.6) is 5.75 Å². The molecule has 0 bridgehead atoms. The average Bonchev–Trinajstić information content (AvgIpc) is 2.54. The molecule has 0 saturated carbocycles. The second-order valence-electron chi connectivity index (χ2n) is 4.52. The van der Waals surface area contributed by atoms with Gasteiger partial charge in [0.25, 0.3) is 0 Å². The lowest BCUT2D eigenvalue weighted by molar-refractivity contribution is 0.304. The number of nitrogens with zero attached hydrogens (tertiary/aromatic N) is 3. The van der Waals surface area contributed by atoms with E-state index >= 15 is 0 Å². The van der Waals surface area contributed by atoms with Gasteiger partial charge in [-0.15, -0.1) is 5.10 Å². The third-order valence-corrected chi connectivity index (χ3v) is 3.48. The minimum Gasteiger partial charge on any atom is -0.488 e. The highest BCUT2D eigenvalue weighted by Crippen LogP contribution is 2.26. The molecule has 116 valence electrons. The fraction of sp³-hybridized carbons (Fsp3) is 0.0625. The van der Waals surface area contributed by atoms with E-state index in [0.717, 1.165) is 15.6 Å². The molecule has 0 radical (unpaired) electrons. The molecule has 0 saturated heterocycles. The molecular weight excluding hydrogens is 358 g/mol. The summed E-state index contributed by atoms with van der Waals surface area (Å²) >= 11 is 3.44. The Morgan fingerprint density at radius 1 is 1.26 bits per heavy atom. The number of nitrogens with two attached hydrogens (primary N) is 2. The van der Waals surface area contributed by atoms with Gasteiger partial charge >= 0.3 is 0 Å². The fourth-order valence-corrected chi connectivity index (χ4v) is 2.30. The molecular formula is C16H14BrN5O. The first-order valence-corrected chi connectivity index (χ1v) is 7.42. The van der Waals surface area contributed by atoms with Crippen molar-refractivity contribution in [1.82, 2.24) is 0 Å². The van der Waals surface area contributed by atoms with Crippen LogP contribution < -0.4 is 16.2 Å². The summed E-state index contributed by atoms with van der Waals surface area (Å²) in [6.07, 6.45) is 1.53. The Hall–Kier alpha value is -2.85. The first-order chi connectivity index (χ1) is 11.1. The quantitative estimate of drug-likeness (QED) is 0.477. The van der Waals surface area contributed by atoms with Gasteiger partial charge in [0, 0.05) is 5.56 Å². The normalized spacial score (nSPS) is 10.3. The van der Waals surface area contributed by atoms with E-state index in [1.807, 2.05) is 30.3 Å². The van der Waals surface area contributed by atoms with Crippen molar-refractivity contribution < 1.29 is 4.74 Å². The highest BCUT2D eigenvalue weighted by molar-refractivity contribution is 9.10. The van der Waals surface area contributed by atoms with Crippen LogP contribution >= 0.6 is 15.9 Å². The lowest BCUT2D eigenvalue weighted by Gasteiger charge is -2.09. The zero-order valence-electron chi connectivity index (χ0n) is 12.1. The summed E-state index contributed by atoms with van der Waals surface area (Å²) < 4.78 is 6.52. The number of benzene rings is 2. The van der Waals surface area contributed by atoms with Crippen LogP contribution in [-0.4, -0.2) is 12.2 Å². The molecule has 0 heterocycles. The zero-order chi connectivity index (χ0) is 16.7. The monoisotopic (exact) mass is 371 g/mol. The molecule has 0 aliphatic heterocycles. The van der Waals surface area contributed by atoms with E-state index in [4.69, 9.17) is 21.5 Å². The Morgan fingerprint density at radius 2 is 2.04 bits per heavy atom. The van der Waals surface area contributed by atoms with Gasteiger partial charge in [-0.25, -0.2) is 0 Å². The van der Waals surface area contributed by atoms with Crippen LogP contribution in [0.3, 0.4) is 0 Å². The van der Waals surface area contributed by atoms with Gasteiger partial charge in [-0.2, -0.15) is 10.4 Å². The van der Waals surface area contributed by atoms with E-state index in [1.165, 1.54) is 6.21 Å². The topological polar surface area (TPSA) is 110 Å².